The minimum atomic E-state index is -0.119. The minimum Gasteiger partial charge on any atom is -0.352 e. The molecule has 0 aliphatic carbocycles. The minimum absolute atomic E-state index is 0.119. The summed E-state index contributed by atoms with van der Waals surface area (Å²) in [6.07, 6.45) is 3.86. The summed E-state index contributed by atoms with van der Waals surface area (Å²) in [5.74, 6) is 0.0361. The van der Waals surface area contributed by atoms with Crippen LogP contribution in [0.15, 0.2) is 42.5 Å². The summed E-state index contributed by atoms with van der Waals surface area (Å²) in [7, 11) is 0. The molecule has 5 nitrogen and oxygen atoms in total. The lowest BCUT2D eigenvalue weighted by atomic mass is 10.1. The van der Waals surface area contributed by atoms with Gasteiger partial charge in [-0.05, 0) is 48.7 Å². The maximum atomic E-state index is 12.6. The molecule has 2 aromatic carbocycles. The summed E-state index contributed by atoms with van der Waals surface area (Å²) in [5.41, 5.74) is 0.637. The number of nitrogens with one attached hydrogen (secondary N) is 1. The van der Waals surface area contributed by atoms with Gasteiger partial charge >= 0.3 is 0 Å². The smallest absolute Gasteiger partial charge is 0.251 e. The molecule has 2 fully saturated rings. The maximum absolute atomic E-state index is 12.6. The standard InChI is InChI=1S/C22H27N3O2/c26-21(25-14-4-13-24-12-3-7-20(24)16-25)10-11-23-22(27)19-9-8-17-5-1-2-6-18(17)15-19/h1-2,5-6,8-9,15,20H,3-4,7,10-14,16H2,(H,23,27). The fourth-order valence-corrected chi connectivity index (χ4v) is 4.31. The number of rotatable bonds is 4. The van der Waals surface area contributed by atoms with Crippen molar-refractivity contribution in [3.05, 3.63) is 48.0 Å². The SMILES string of the molecule is O=C(NCCC(=O)N1CCCN2CCCC2C1)c1ccc2ccccc2c1. The van der Waals surface area contributed by atoms with Crippen molar-refractivity contribution in [3.63, 3.8) is 0 Å². The Hall–Kier alpha value is -2.40. The molecule has 142 valence electrons. The molecule has 1 unspecified atom stereocenters. The molecule has 0 saturated carbocycles. The Morgan fingerprint density at radius 2 is 1.81 bits per heavy atom. The molecule has 2 saturated heterocycles. The second kappa shape index (κ2) is 8.09. The molecule has 0 bridgehead atoms. The van der Waals surface area contributed by atoms with E-state index in [4.69, 9.17) is 0 Å². The maximum Gasteiger partial charge on any atom is 0.251 e. The average molecular weight is 365 g/mol. The fraction of sp³-hybridized carbons (Fsp3) is 0.455. The summed E-state index contributed by atoms with van der Waals surface area (Å²) in [4.78, 5) is 29.5. The number of benzene rings is 2. The second-order valence-electron chi connectivity index (χ2n) is 7.59. The van der Waals surface area contributed by atoms with Crippen molar-refractivity contribution in [2.45, 2.75) is 31.7 Å². The van der Waals surface area contributed by atoms with Crippen LogP contribution in [-0.4, -0.2) is 60.4 Å². The molecule has 1 atom stereocenters. The molecular weight excluding hydrogens is 338 g/mol. The normalized spacial score (nSPS) is 20.3. The van der Waals surface area contributed by atoms with Gasteiger partial charge in [0.25, 0.3) is 5.91 Å². The van der Waals surface area contributed by atoms with E-state index < -0.39 is 0 Å². The number of carbonyl (C=O) groups is 2. The van der Waals surface area contributed by atoms with E-state index in [1.165, 1.54) is 19.4 Å². The summed E-state index contributed by atoms with van der Waals surface area (Å²) in [6, 6.07) is 14.2. The fourth-order valence-electron chi connectivity index (χ4n) is 4.31. The van der Waals surface area contributed by atoms with E-state index >= 15 is 0 Å². The Morgan fingerprint density at radius 3 is 2.70 bits per heavy atom. The van der Waals surface area contributed by atoms with Crippen LogP contribution in [0.25, 0.3) is 10.8 Å². The van der Waals surface area contributed by atoms with Crippen molar-refractivity contribution in [2.24, 2.45) is 0 Å². The van der Waals surface area contributed by atoms with Gasteiger partial charge in [0.05, 0.1) is 0 Å². The van der Waals surface area contributed by atoms with Crippen LogP contribution in [0.1, 0.15) is 36.0 Å². The summed E-state index contributed by atoms with van der Waals surface area (Å²) < 4.78 is 0. The molecule has 2 amide bonds. The topological polar surface area (TPSA) is 52.7 Å². The third kappa shape index (κ3) is 4.14. The molecule has 0 spiro atoms. The first-order chi connectivity index (χ1) is 13.2. The molecule has 1 N–H and O–H groups in total. The molecule has 0 radical (unpaired) electrons. The van der Waals surface area contributed by atoms with Gasteiger partial charge in [-0.3, -0.25) is 14.5 Å². The van der Waals surface area contributed by atoms with Gasteiger partial charge in [-0.2, -0.15) is 0 Å². The lowest BCUT2D eigenvalue weighted by Crippen LogP contribution is -2.40. The number of hydrogen-bond donors (Lipinski definition) is 1. The Labute approximate surface area is 160 Å². The highest BCUT2D eigenvalue weighted by molar-refractivity contribution is 5.98. The first-order valence-corrected chi connectivity index (χ1v) is 9.99. The molecular formula is C22H27N3O2. The number of fused-ring (bicyclic) bond motifs is 2. The predicted octanol–water partition coefficient (Wildman–Crippen LogP) is 2.66. The van der Waals surface area contributed by atoms with E-state index in [0.717, 1.165) is 36.8 Å². The van der Waals surface area contributed by atoms with Gasteiger partial charge in [-0.1, -0.05) is 30.3 Å². The number of nitrogens with zero attached hydrogens (tertiary/aromatic N) is 2. The molecule has 2 heterocycles. The summed E-state index contributed by atoms with van der Waals surface area (Å²) in [6.45, 7) is 4.35. The van der Waals surface area contributed by atoms with Crippen LogP contribution >= 0.6 is 0 Å². The van der Waals surface area contributed by atoms with E-state index in [2.05, 4.69) is 10.2 Å². The van der Waals surface area contributed by atoms with Crippen LogP contribution in [0, 0.1) is 0 Å². The lowest BCUT2D eigenvalue weighted by molar-refractivity contribution is -0.131. The zero-order valence-electron chi connectivity index (χ0n) is 15.7. The Balaban J connectivity index is 1.29. The first kappa shape index (κ1) is 18.0. The van der Waals surface area contributed by atoms with Crippen LogP contribution in [0.3, 0.4) is 0 Å². The molecule has 27 heavy (non-hydrogen) atoms. The summed E-state index contributed by atoms with van der Waals surface area (Å²) >= 11 is 0. The van der Waals surface area contributed by atoms with Gasteiger partial charge in [0, 0.05) is 44.2 Å². The van der Waals surface area contributed by atoms with Crippen molar-refractivity contribution in [3.8, 4) is 0 Å². The Kier molecular flexibility index (Phi) is 5.39. The zero-order chi connectivity index (χ0) is 18.6. The second-order valence-corrected chi connectivity index (χ2v) is 7.59. The van der Waals surface area contributed by atoms with Crippen molar-refractivity contribution < 1.29 is 9.59 Å². The largest absolute Gasteiger partial charge is 0.352 e. The number of carbonyl (C=O) groups excluding carboxylic acids is 2. The molecule has 4 rings (SSSR count). The quantitative estimate of drug-likeness (QED) is 0.906. The highest BCUT2D eigenvalue weighted by Gasteiger charge is 2.30. The molecule has 2 aromatic rings. The van der Waals surface area contributed by atoms with Crippen LogP contribution in [0.4, 0.5) is 0 Å². The van der Waals surface area contributed by atoms with E-state index in [1.807, 2.05) is 47.4 Å². The van der Waals surface area contributed by atoms with E-state index in [0.29, 0.717) is 24.6 Å². The third-order valence-corrected chi connectivity index (χ3v) is 5.79. The van der Waals surface area contributed by atoms with Gasteiger partial charge in [0.1, 0.15) is 0 Å². The van der Waals surface area contributed by atoms with Crippen LogP contribution < -0.4 is 5.32 Å². The van der Waals surface area contributed by atoms with Crippen molar-refractivity contribution >= 4 is 22.6 Å². The highest BCUT2D eigenvalue weighted by Crippen LogP contribution is 2.21. The van der Waals surface area contributed by atoms with Gasteiger partial charge < -0.3 is 10.2 Å². The van der Waals surface area contributed by atoms with E-state index in [9.17, 15) is 9.59 Å². The van der Waals surface area contributed by atoms with E-state index in [1.54, 1.807) is 0 Å². The third-order valence-electron chi connectivity index (χ3n) is 5.79. The van der Waals surface area contributed by atoms with E-state index in [-0.39, 0.29) is 11.8 Å². The van der Waals surface area contributed by atoms with Crippen molar-refractivity contribution in [2.75, 3.05) is 32.7 Å². The summed E-state index contributed by atoms with van der Waals surface area (Å²) in [5, 5.41) is 5.06. The molecule has 0 aromatic heterocycles. The van der Waals surface area contributed by atoms with Gasteiger partial charge in [0.15, 0.2) is 0 Å². The molecule has 5 heteroatoms. The molecule has 2 aliphatic heterocycles. The van der Waals surface area contributed by atoms with Gasteiger partial charge in [0.2, 0.25) is 5.91 Å². The number of amides is 2. The zero-order valence-corrected chi connectivity index (χ0v) is 15.7. The lowest BCUT2D eigenvalue weighted by Gasteiger charge is -2.25. The van der Waals surface area contributed by atoms with Crippen molar-refractivity contribution in [1.29, 1.82) is 0 Å². The van der Waals surface area contributed by atoms with Crippen LogP contribution in [0.2, 0.25) is 0 Å². The molecule has 2 aliphatic rings. The monoisotopic (exact) mass is 365 g/mol. The Bertz CT molecular complexity index is 835. The highest BCUT2D eigenvalue weighted by atomic mass is 16.2. The average Bonchev–Trinajstić information content (AvgIpc) is 3.04. The first-order valence-electron chi connectivity index (χ1n) is 9.99. The Morgan fingerprint density at radius 1 is 1.00 bits per heavy atom. The van der Waals surface area contributed by atoms with Crippen molar-refractivity contribution in [1.82, 2.24) is 15.1 Å². The van der Waals surface area contributed by atoms with Gasteiger partial charge in [-0.25, -0.2) is 0 Å². The van der Waals surface area contributed by atoms with Crippen LogP contribution in [0.5, 0.6) is 0 Å². The van der Waals surface area contributed by atoms with Crippen LogP contribution in [-0.2, 0) is 4.79 Å². The predicted molar refractivity (Wildman–Crippen MR) is 107 cm³/mol. The van der Waals surface area contributed by atoms with Gasteiger partial charge in [-0.15, -0.1) is 0 Å². The number of hydrogen-bond acceptors (Lipinski definition) is 3.